The molecular formula is C20H24N2O3. The van der Waals surface area contributed by atoms with E-state index >= 15 is 0 Å². The Labute approximate surface area is 148 Å². The molecule has 2 rings (SSSR count). The van der Waals surface area contributed by atoms with Crippen LogP contribution in [0.4, 0.5) is 0 Å². The third kappa shape index (κ3) is 4.24. The Morgan fingerprint density at radius 1 is 1.24 bits per heavy atom. The lowest BCUT2D eigenvalue weighted by Gasteiger charge is -2.21. The largest absolute Gasteiger partial charge is 0.452 e. The molecular weight excluding hydrogens is 316 g/mol. The Kier molecular flexibility index (Phi) is 5.91. The number of hydrogen-bond acceptors (Lipinski definition) is 4. The number of rotatable bonds is 6. The van der Waals surface area contributed by atoms with E-state index in [1.54, 1.807) is 11.8 Å². The molecule has 1 amide bonds. The zero-order valence-corrected chi connectivity index (χ0v) is 15.3. The SMILES string of the molecule is C=C(C)CN(CC)C(=O)COC(=O)c1c(C)nc2ccccc2c1C. The zero-order chi connectivity index (χ0) is 18.6. The van der Waals surface area contributed by atoms with Crippen molar-refractivity contribution in [1.82, 2.24) is 9.88 Å². The maximum atomic E-state index is 12.5. The van der Waals surface area contributed by atoms with Crippen LogP contribution in [0.2, 0.25) is 0 Å². The number of aromatic nitrogens is 1. The molecule has 0 bridgehead atoms. The van der Waals surface area contributed by atoms with Crippen molar-refractivity contribution in [2.45, 2.75) is 27.7 Å². The number of nitrogens with zero attached hydrogens (tertiary/aromatic N) is 2. The van der Waals surface area contributed by atoms with E-state index in [-0.39, 0.29) is 12.5 Å². The Morgan fingerprint density at radius 2 is 1.92 bits per heavy atom. The first kappa shape index (κ1) is 18.6. The highest BCUT2D eigenvalue weighted by Crippen LogP contribution is 2.23. The summed E-state index contributed by atoms with van der Waals surface area (Å²) in [5, 5.41) is 0.906. The van der Waals surface area contributed by atoms with E-state index in [1.807, 2.05) is 45.0 Å². The fraction of sp³-hybridized carbons (Fsp3) is 0.350. The van der Waals surface area contributed by atoms with Crippen molar-refractivity contribution in [3.63, 3.8) is 0 Å². The zero-order valence-electron chi connectivity index (χ0n) is 15.3. The first-order chi connectivity index (χ1) is 11.8. The average molecular weight is 340 g/mol. The molecule has 0 aliphatic heterocycles. The molecule has 0 spiro atoms. The van der Waals surface area contributed by atoms with Gasteiger partial charge in [0.25, 0.3) is 5.91 Å². The highest BCUT2D eigenvalue weighted by molar-refractivity contribution is 5.99. The van der Waals surface area contributed by atoms with Gasteiger partial charge in [-0.3, -0.25) is 9.78 Å². The quantitative estimate of drug-likeness (QED) is 0.597. The third-order valence-corrected chi connectivity index (χ3v) is 4.06. The van der Waals surface area contributed by atoms with Gasteiger partial charge in [-0.25, -0.2) is 4.79 Å². The highest BCUT2D eigenvalue weighted by atomic mass is 16.5. The van der Waals surface area contributed by atoms with Crippen molar-refractivity contribution < 1.29 is 14.3 Å². The number of benzene rings is 1. The number of para-hydroxylation sites is 1. The van der Waals surface area contributed by atoms with Gasteiger partial charge in [-0.15, -0.1) is 0 Å². The summed E-state index contributed by atoms with van der Waals surface area (Å²) in [5.41, 5.74) is 3.56. The Hall–Kier alpha value is -2.69. The minimum absolute atomic E-state index is 0.233. The Balaban J connectivity index is 2.17. The van der Waals surface area contributed by atoms with Gasteiger partial charge in [0.2, 0.25) is 0 Å². The molecule has 0 atom stereocenters. The van der Waals surface area contributed by atoms with Crippen LogP contribution in [-0.4, -0.2) is 41.5 Å². The number of pyridine rings is 1. The summed E-state index contributed by atoms with van der Waals surface area (Å²) in [7, 11) is 0. The first-order valence-corrected chi connectivity index (χ1v) is 8.30. The van der Waals surface area contributed by atoms with E-state index in [0.717, 1.165) is 22.0 Å². The average Bonchev–Trinajstić information content (AvgIpc) is 2.57. The fourth-order valence-corrected chi connectivity index (χ4v) is 2.82. The van der Waals surface area contributed by atoms with Crippen LogP contribution in [0, 0.1) is 13.8 Å². The smallest absolute Gasteiger partial charge is 0.340 e. The van der Waals surface area contributed by atoms with Gasteiger partial charge in [0.1, 0.15) is 0 Å². The molecule has 2 aromatic rings. The number of aryl methyl sites for hydroxylation is 2. The highest BCUT2D eigenvalue weighted by Gasteiger charge is 2.20. The van der Waals surface area contributed by atoms with E-state index < -0.39 is 5.97 Å². The van der Waals surface area contributed by atoms with E-state index in [2.05, 4.69) is 11.6 Å². The molecule has 0 N–H and O–H groups in total. The van der Waals surface area contributed by atoms with Gasteiger partial charge >= 0.3 is 5.97 Å². The van der Waals surface area contributed by atoms with Crippen LogP contribution < -0.4 is 0 Å². The Morgan fingerprint density at radius 3 is 2.56 bits per heavy atom. The molecule has 0 fully saturated rings. The predicted octanol–water partition coefficient (Wildman–Crippen LogP) is 3.43. The van der Waals surface area contributed by atoms with Crippen LogP contribution in [-0.2, 0) is 9.53 Å². The summed E-state index contributed by atoms with van der Waals surface area (Å²) in [6.07, 6.45) is 0. The molecule has 0 saturated carbocycles. The molecule has 0 radical (unpaired) electrons. The molecule has 0 aliphatic carbocycles. The third-order valence-electron chi connectivity index (χ3n) is 4.06. The molecule has 0 unspecified atom stereocenters. The normalized spacial score (nSPS) is 10.6. The number of carbonyl (C=O) groups is 2. The van der Waals surface area contributed by atoms with E-state index in [4.69, 9.17) is 4.74 Å². The number of carbonyl (C=O) groups excluding carboxylic acids is 2. The lowest BCUT2D eigenvalue weighted by molar-refractivity contribution is -0.133. The maximum Gasteiger partial charge on any atom is 0.340 e. The van der Waals surface area contributed by atoms with Crippen LogP contribution in [0.25, 0.3) is 10.9 Å². The van der Waals surface area contributed by atoms with Crippen molar-refractivity contribution in [2.24, 2.45) is 0 Å². The molecule has 5 heteroatoms. The van der Waals surface area contributed by atoms with E-state index in [0.29, 0.717) is 24.3 Å². The van der Waals surface area contributed by atoms with E-state index in [9.17, 15) is 9.59 Å². The first-order valence-electron chi connectivity index (χ1n) is 8.30. The summed E-state index contributed by atoms with van der Waals surface area (Å²) in [5.74, 6) is -0.754. The Bertz CT molecular complexity index is 827. The number of likely N-dealkylation sites (N-methyl/N-ethyl adjacent to an activating group) is 1. The van der Waals surface area contributed by atoms with Gasteiger partial charge < -0.3 is 9.64 Å². The van der Waals surface area contributed by atoms with Gasteiger partial charge in [-0.2, -0.15) is 0 Å². The topological polar surface area (TPSA) is 59.5 Å². The number of fused-ring (bicyclic) bond motifs is 1. The van der Waals surface area contributed by atoms with Crippen molar-refractivity contribution in [1.29, 1.82) is 0 Å². The fourth-order valence-electron chi connectivity index (χ4n) is 2.82. The molecule has 1 aromatic heterocycles. The minimum atomic E-state index is -0.520. The van der Waals surface area contributed by atoms with Crippen molar-refractivity contribution in [3.05, 3.63) is 53.2 Å². The summed E-state index contributed by atoms with van der Waals surface area (Å²) in [6, 6.07) is 7.64. The van der Waals surface area contributed by atoms with Crippen LogP contribution in [0.3, 0.4) is 0 Å². The summed E-state index contributed by atoms with van der Waals surface area (Å²) >= 11 is 0. The van der Waals surface area contributed by atoms with Crippen molar-refractivity contribution >= 4 is 22.8 Å². The monoisotopic (exact) mass is 340 g/mol. The molecule has 0 aliphatic rings. The van der Waals surface area contributed by atoms with Gasteiger partial charge in [0.05, 0.1) is 16.8 Å². The number of amides is 1. The van der Waals surface area contributed by atoms with Crippen molar-refractivity contribution in [3.8, 4) is 0 Å². The lowest BCUT2D eigenvalue weighted by atomic mass is 10.0. The molecule has 25 heavy (non-hydrogen) atoms. The standard InChI is InChI=1S/C20H24N2O3/c1-6-22(11-13(2)3)18(23)12-25-20(24)19-14(4)16-9-7-8-10-17(16)21-15(19)5/h7-10H,2,6,11-12H2,1,3-5H3. The second-order valence-corrected chi connectivity index (χ2v) is 6.16. The lowest BCUT2D eigenvalue weighted by Crippen LogP contribution is -2.35. The van der Waals surface area contributed by atoms with Crippen LogP contribution >= 0.6 is 0 Å². The number of esters is 1. The summed E-state index contributed by atoms with van der Waals surface area (Å²) in [6.45, 7) is 11.9. The number of hydrogen-bond donors (Lipinski definition) is 0. The van der Waals surface area contributed by atoms with Gasteiger partial charge in [-0.05, 0) is 39.3 Å². The molecule has 1 aromatic carbocycles. The summed E-state index contributed by atoms with van der Waals surface area (Å²) < 4.78 is 5.27. The second-order valence-electron chi connectivity index (χ2n) is 6.16. The number of ether oxygens (including phenoxy) is 1. The van der Waals surface area contributed by atoms with Crippen LogP contribution in [0.1, 0.15) is 35.5 Å². The second kappa shape index (κ2) is 7.92. The van der Waals surface area contributed by atoms with E-state index in [1.165, 1.54) is 0 Å². The van der Waals surface area contributed by atoms with Crippen molar-refractivity contribution in [2.75, 3.05) is 19.7 Å². The molecule has 5 nitrogen and oxygen atoms in total. The van der Waals surface area contributed by atoms with Gasteiger partial charge in [0, 0.05) is 18.5 Å². The minimum Gasteiger partial charge on any atom is -0.452 e. The van der Waals surface area contributed by atoms with Gasteiger partial charge in [0.15, 0.2) is 6.61 Å². The van der Waals surface area contributed by atoms with Crippen LogP contribution in [0.5, 0.6) is 0 Å². The summed E-state index contributed by atoms with van der Waals surface area (Å²) in [4.78, 5) is 30.8. The molecule has 1 heterocycles. The molecule has 132 valence electrons. The molecule has 0 saturated heterocycles. The maximum absolute atomic E-state index is 12.5. The van der Waals surface area contributed by atoms with Gasteiger partial charge in [-0.1, -0.05) is 30.4 Å². The predicted molar refractivity (Wildman–Crippen MR) is 98.6 cm³/mol. The van der Waals surface area contributed by atoms with Crippen LogP contribution in [0.15, 0.2) is 36.4 Å².